The van der Waals surface area contributed by atoms with Crippen molar-refractivity contribution in [1.29, 1.82) is 0 Å². The fourth-order valence-electron chi connectivity index (χ4n) is 1.49. The van der Waals surface area contributed by atoms with Crippen LogP contribution in [0.15, 0.2) is 0 Å². The lowest BCUT2D eigenvalue weighted by atomic mass is 10.3. The summed E-state index contributed by atoms with van der Waals surface area (Å²) >= 11 is 0. The van der Waals surface area contributed by atoms with E-state index in [-0.39, 0.29) is 30.9 Å². The molecule has 0 heterocycles. The second-order valence-corrected chi connectivity index (χ2v) is 3.74. The van der Waals surface area contributed by atoms with Crippen LogP contribution in [0.4, 0.5) is 0 Å². The molecule has 1 amide bonds. The minimum absolute atomic E-state index is 0.00491. The van der Waals surface area contributed by atoms with Gasteiger partial charge in [-0.1, -0.05) is 0 Å². The van der Waals surface area contributed by atoms with Crippen LogP contribution in [0.5, 0.6) is 0 Å². The zero-order valence-electron chi connectivity index (χ0n) is 9.10. The van der Waals surface area contributed by atoms with Gasteiger partial charge < -0.3 is 14.7 Å². The number of nitrogens with zero attached hydrogens (tertiary/aromatic N) is 1. The molecule has 1 rings (SSSR count). The topological polar surface area (TPSA) is 66.8 Å². The van der Waals surface area contributed by atoms with E-state index in [1.54, 1.807) is 7.05 Å². The molecule has 86 valence electrons. The van der Waals surface area contributed by atoms with Gasteiger partial charge in [0.2, 0.25) is 5.91 Å². The molecule has 1 aliphatic carbocycles. The average molecular weight is 215 g/mol. The van der Waals surface area contributed by atoms with Crippen molar-refractivity contribution in [3.8, 4) is 0 Å². The van der Waals surface area contributed by atoms with Gasteiger partial charge in [0, 0.05) is 20.2 Å². The maximum Gasteiger partial charge on any atom is 0.305 e. The molecule has 15 heavy (non-hydrogen) atoms. The largest absolute Gasteiger partial charge is 0.481 e. The van der Waals surface area contributed by atoms with Crippen LogP contribution >= 0.6 is 0 Å². The number of carbonyl (C=O) groups excluding carboxylic acids is 1. The summed E-state index contributed by atoms with van der Waals surface area (Å²) in [7, 11) is 1.63. The first kappa shape index (κ1) is 12.0. The fraction of sp³-hybridized carbons (Fsp3) is 0.800. The van der Waals surface area contributed by atoms with E-state index in [0.717, 1.165) is 6.42 Å². The number of rotatable bonds is 6. The first-order chi connectivity index (χ1) is 7.06. The number of hydrogen-bond acceptors (Lipinski definition) is 3. The van der Waals surface area contributed by atoms with Gasteiger partial charge in [-0.25, -0.2) is 0 Å². The minimum Gasteiger partial charge on any atom is -0.481 e. The predicted octanol–water partition coefficient (Wildman–Crippen LogP) is 0.344. The molecule has 1 aliphatic rings. The van der Waals surface area contributed by atoms with Crippen LogP contribution in [0.2, 0.25) is 0 Å². The summed E-state index contributed by atoms with van der Waals surface area (Å²) in [5.74, 6) is -0.940. The Hall–Kier alpha value is -1.10. The van der Waals surface area contributed by atoms with Crippen molar-refractivity contribution in [2.75, 3.05) is 20.2 Å². The zero-order chi connectivity index (χ0) is 11.4. The molecule has 0 saturated heterocycles. The van der Waals surface area contributed by atoms with Crippen molar-refractivity contribution in [3.05, 3.63) is 0 Å². The van der Waals surface area contributed by atoms with Crippen LogP contribution in [0.3, 0.4) is 0 Å². The van der Waals surface area contributed by atoms with Crippen molar-refractivity contribution < 1.29 is 19.4 Å². The van der Waals surface area contributed by atoms with Gasteiger partial charge in [0.15, 0.2) is 0 Å². The Kier molecular flexibility index (Phi) is 4.08. The van der Waals surface area contributed by atoms with Gasteiger partial charge in [-0.05, 0) is 13.3 Å². The lowest BCUT2D eigenvalue weighted by Gasteiger charge is -2.15. The van der Waals surface area contributed by atoms with Crippen molar-refractivity contribution in [1.82, 2.24) is 4.90 Å². The zero-order valence-corrected chi connectivity index (χ0v) is 9.10. The summed E-state index contributed by atoms with van der Waals surface area (Å²) in [6.07, 6.45) is 0.813. The van der Waals surface area contributed by atoms with Crippen LogP contribution in [0, 0.1) is 5.92 Å². The summed E-state index contributed by atoms with van der Waals surface area (Å²) < 4.78 is 5.30. The number of carboxylic acids is 1. The molecule has 5 nitrogen and oxygen atoms in total. The van der Waals surface area contributed by atoms with Gasteiger partial charge >= 0.3 is 5.97 Å². The number of ether oxygens (including phenoxy) is 1. The molecular weight excluding hydrogens is 198 g/mol. The van der Waals surface area contributed by atoms with Crippen molar-refractivity contribution in [2.45, 2.75) is 25.9 Å². The number of hydrogen-bond donors (Lipinski definition) is 1. The third kappa shape index (κ3) is 3.51. The van der Waals surface area contributed by atoms with E-state index < -0.39 is 5.97 Å². The Labute approximate surface area is 89.0 Å². The van der Waals surface area contributed by atoms with E-state index in [4.69, 9.17) is 9.84 Å². The highest BCUT2D eigenvalue weighted by atomic mass is 16.5. The minimum atomic E-state index is -0.883. The van der Waals surface area contributed by atoms with Crippen LogP contribution in [-0.2, 0) is 14.3 Å². The highest BCUT2D eigenvalue weighted by Crippen LogP contribution is 2.35. The average Bonchev–Trinajstić information content (AvgIpc) is 2.93. The van der Waals surface area contributed by atoms with Crippen LogP contribution in [-0.4, -0.2) is 48.2 Å². The molecular formula is C10H17NO4. The molecule has 0 aliphatic heterocycles. The van der Waals surface area contributed by atoms with Crippen LogP contribution < -0.4 is 0 Å². The molecule has 0 spiro atoms. The number of carbonyl (C=O) groups is 2. The number of carboxylic acid groups (broad SMARTS) is 1. The first-order valence-corrected chi connectivity index (χ1v) is 5.14. The van der Waals surface area contributed by atoms with Gasteiger partial charge in [0.1, 0.15) is 0 Å². The highest BCUT2D eigenvalue weighted by Gasteiger charge is 2.45. The van der Waals surface area contributed by atoms with Crippen molar-refractivity contribution >= 4 is 11.9 Å². The Morgan fingerprint density at radius 2 is 2.20 bits per heavy atom. The Morgan fingerprint density at radius 1 is 1.53 bits per heavy atom. The van der Waals surface area contributed by atoms with Crippen molar-refractivity contribution in [2.24, 2.45) is 5.92 Å². The van der Waals surface area contributed by atoms with E-state index >= 15 is 0 Å². The van der Waals surface area contributed by atoms with Gasteiger partial charge in [-0.3, -0.25) is 9.59 Å². The Balaban J connectivity index is 2.26. The quantitative estimate of drug-likeness (QED) is 0.694. The maximum atomic E-state index is 11.7. The smallest absolute Gasteiger partial charge is 0.305 e. The van der Waals surface area contributed by atoms with Gasteiger partial charge in [-0.2, -0.15) is 0 Å². The van der Waals surface area contributed by atoms with Crippen LogP contribution in [0.25, 0.3) is 0 Å². The van der Waals surface area contributed by atoms with Gasteiger partial charge in [-0.15, -0.1) is 0 Å². The second kappa shape index (κ2) is 5.11. The molecule has 0 aromatic carbocycles. The van der Waals surface area contributed by atoms with E-state index in [9.17, 15) is 9.59 Å². The molecule has 5 heteroatoms. The SMILES string of the molecule is CCOC1CC1C(=O)N(C)CCC(=O)O. The summed E-state index contributed by atoms with van der Waals surface area (Å²) in [6.45, 7) is 2.78. The molecule has 0 bridgehead atoms. The molecule has 2 unspecified atom stereocenters. The summed E-state index contributed by atoms with van der Waals surface area (Å²) in [5, 5.41) is 8.47. The molecule has 1 fully saturated rings. The third-order valence-corrected chi connectivity index (χ3v) is 2.47. The number of aliphatic carboxylic acids is 1. The standard InChI is InChI=1S/C10H17NO4/c1-3-15-8-6-7(8)10(14)11(2)5-4-9(12)13/h7-8H,3-6H2,1-2H3,(H,12,13). The van der Waals surface area contributed by atoms with E-state index in [1.807, 2.05) is 6.92 Å². The molecule has 0 aromatic heterocycles. The normalized spacial score (nSPS) is 23.6. The molecule has 2 atom stereocenters. The summed E-state index contributed by atoms with van der Waals surface area (Å²) in [5.41, 5.74) is 0. The Bertz CT molecular complexity index is 254. The fourth-order valence-corrected chi connectivity index (χ4v) is 1.49. The lowest BCUT2D eigenvalue weighted by Crippen LogP contribution is -2.31. The van der Waals surface area contributed by atoms with Crippen molar-refractivity contribution in [3.63, 3.8) is 0 Å². The monoisotopic (exact) mass is 215 g/mol. The summed E-state index contributed by atoms with van der Waals surface area (Å²) in [6, 6.07) is 0. The number of amides is 1. The summed E-state index contributed by atoms with van der Waals surface area (Å²) in [4.78, 5) is 23.4. The van der Waals surface area contributed by atoms with Gasteiger partial charge in [0.05, 0.1) is 18.4 Å². The highest BCUT2D eigenvalue weighted by molar-refractivity contribution is 5.82. The Morgan fingerprint density at radius 3 is 2.73 bits per heavy atom. The second-order valence-electron chi connectivity index (χ2n) is 3.74. The van der Waals surface area contributed by atoms with Gasteiger partial charge in [0.25, 0.3) is 0 Å². The molecule has 1 saturated carbocycles. The van der Waals surface area contributed by atoms with E-state index in [2.05, 4.69) is 0 Å². The maximum absolute atomic E-state index is 11.7. The third-order valence-electron chi connectivity index (χ3n) is 2.47. The van der Waals surface area contributed by atoms with E-state index in [0.29, 0.717) is 6.61 Å². The lowest BCUT2D eigenvalue weighted by molar-refractivity contribution is -0.138. The predicted molar refractivity (Wildman–Crippen MR) is 53.4 cm³/mol. The first-order valence-electron chi connectivity index (χ1n) is 5.14. The molecule has 1 N–H and O–H groups in total. The molecule has 0 aromatic rings. The molecule has 0 radical (unpaired) electrons. The van der Waals surface area contributed by atoms with Crippen LogP contribution in [0.1, 0.15) is 19.8 Å². The van der Waals surface area contributed by atoms with E-state index in [1.165, 1.54) is 4.90 Å².